The third-order valence-corrected chi connectivity index (χ3v) is 3.52. The first-order chi connectivity index (χ1) is 7.25. The predicted molar refractivity (Wildman–Crippen MR) is 63.1 cm³/mol. The van der Waals surface area contributed by atoms with E-state index in [2.05, 4.69) is 30.9 Å². The van der Waals surface area contributed by atoms with Gasteiger partial charge in [-0.25, -0.2) is 9.97 Å². The largest absolute Gasteiger partial charge is 0.259 e. The summed E-state index contributed by atoms with van der Waals surface area (Å²) in [6, 6.07) is 3.78. The first-order valence-corrected chi connectivity index (χ1v) is 6.00. The van der Waals surface area contributed by atoms with E-state index >= 15 is 0 Å². The molecule has 2 heterocycles. The number of hydrogen-bond acceptors (Lipinski definition) is 4. The van der Waals surface area contributed by atoms with E-state index in [9.17, 15) is 0 Å². The molecule has 0 unspecified atom stereocenters. The number of pyridine rings is 1. The summed E-state index contributed by atoms with van der Waals surface area (Å²) in [6.07, 6.45) is 4.88. The van der Waals surface area contributed by atoms with E-state index in [1.54, 1.807) is 12.4 Å². The van der Waals surface area contributed by atoms with Crippen LogP contribution < -0.4 is 0 Å². The van der Waals surface area contributed by atoms with E-state index in [1.165, 1.54) is 18.0 Å². The van der Waals surface area contributed by atoms with Gasteiger partial charge in [0.2, 0.25) is 0 Å². The summed E-state index contributed by atoms with van der Waals surface area (Å²) in [5, 5.41) is 1.95. The first-order valence-electron chi connectivity index (χ1n) is 4.01. The molecule has 2 aromatic heterocycles. The van der Waals surface area contributed by atoms with Crippen molar-refractivity contribution in [2.24, 2.45) is 0 Å². The Labute approximate surface area is 104 Å². The summed E-state index contributed by atoms with van der Waals surface area (Å²) in [6.45, 7) is 0. The Morgan fingerprint density at radius 3 is 2.93 bits per heavy atom. The fourth-order valence-corrected chi connectivity index (χ4v) is 2.35. The van der Waals surface area contributed by atoms with E-state index in [-0.39, 0.29) is 0 Å². The van der Waals surface area contributed by atoms with Crippen LogP contribution in [0.4, 0.5) is 0 Å². The van der Waals surface area contributed by atoms with Crippen molar-refractivity contribution >= 4 is 39.3 Å². The van der Waals surface area contributed by atoms with Crippen LogP contribution in [-0.2, 0) is 0 Å². The number of rotatable bonds is 2. The van der Waals surface area contributed by atoms with Crippen LogP contribution in [0.5, 0.6) is 0 Å². The maximum Gasteiger partial charge on any atom is 0.148 e. The summed E-state index contributed by atoms with van der Waals surface area (Å²) in [4.78, 5) is 12.3. The molecule has 0 saturated heterocycles. The minimum absolute atomic E-state index is 0.382. The average Bonchev–Trinajstić information content (AvgIpc) is 2.22. The van der Waals surface area contributed by atoms with Crippen LogP contribution in [0.2, 0.25) is 5.15 Å². The summed E-state index contributed by atoms with van der Waals surface area (Å²) in [5.41, 5.74) is 0. The smallest absolute Gasteiger partial charge is 0.148 e. The molecule has 0 bridgehead atoms. The topological polar surface area (TPSA) is 38.7 Å². The molecular weight excluding hydrogens is 298 g/mol. The molecule has 76 valence electrons. The lowest BCUT2D eigenvalue weighted by molar-refractivity contribution is 1.04. The molecule has 0 amide bonds. The highest BCUT2D eigenvalue weighted by molar-refractivity contribution is 9.10. The predicted octanol–water partition coefficient (Wildman–Crippen LogP) is 3.44. The minimum Gasteiger partial charge on any atom is -0.259 e. The van der Waals surface area contributed by atoms with E-state index in [4.69, 9.17) is 11.6 Å². The fraction of sp³-hybridized carbons (Fsp3) is 0. The number of nitrogens with zero attached hydrogens (tertiary/aromatic N) is 3. The van der Waals surface area contributed by atoms with Crippen molar-refractivity contribution in [2.45, 2.75) is 10.1 Å². The van der Waals surface area contributed by atoms with Crippen LogP contribution in [0.3, 0.4) is 0 Å². The van der Waals surface area contributed by atoms with Crippen LogP contribution in [0.25, 0.3) is 0 Å². The van der Waals surface area contributed by atoms with E-state index in [1.807, 2.05) is 12.1 Å². The Morgan fingerprint density at radius 1 is 1.33 bits per heavy atom. The van der Waals surface area contributed by atoms with Crippen LogP contribution in [0.15, 0.2) is 45.2 Å². The van der Waals surface area contributed by atoms with Crippen LogP contribution in [0.1, 0.15) is 0 Å². The van der Waals surface area contributed by atoms with Crippen molar-refractivity contribution in [2.75, 3.05) is 0 Å². The highest BCUT2D eigenvalue weighted by Gasteiger charge is 2.04. The van der Waals surface area contributed by atoms with Crippen molar-refractivity contribution < 1.29 is 0 Å². The van der Waals surface area contributed by atoms with E-state index in [0.29, 0.717) is 5.15 Å². The maximum absolute atomic E-state index is 5.73. The lowest BCUT2D eigenvalue weighted by atomic mass is 10.5. The van der Waals surface area contributed by atoms with Gasteiger partial charge in [0.15, 0.2) is 0 Å². The molecule has 3 nitrogen and oxygen atoms in total. The molecule has 0 aliphatic heterocycles. The van der Waals surface area contributed by atoms with Crippen LogP contribution >= 0.6 is 39.3 Å². The lowest BCUT2D eigenvalue weighted by Crippen LogP contribution is -1.85. The molecule has 0 radical (unpaired) electrons. The summed E-state index contributed by atoms with van der Waals surface area (Å²) < 4.78 is 0.928. The molecule has 0 N–H and O–H groups in total. The first kappa shape index (κ1) is 10.9. The fourth-order valence-electron chi connectivity index (χ4n) is 0.920. The number of halogens is 2. The van der Waals surface area contributed by atoms with Crippen molar-refractivity contribution in [1.29, 1.82) is 0 Å². The van der Waals surface area contributed by atoms with Gasteiger partial charge in [-0.2, -0.15) is 0 Å². The van der Waals surface area contributed by atoms with Crippen molar-refractivity contribution in [1.82, 2.24) is 15.0 Å². The standard InChI is InChI=1S/C9H5BrClN3S/c10-6-2-1-3-13-9(6)15-8-5-12-4-7(11)14-8/h1-5H. The maximum atomic E-state index is 5.73. The Balaban J connectivity index is 2.26. The molecule has 2 aromatic rings. The third kappa shape index (κ3) is 2.90. The van der Waals surface area contributed by atoms with Gasteiger partial charge in [0, 0.05) is 6.20 Å². The Morgan fingerprint density at radius 2 is 2.20 bits per heavy atom. The van der Waals surface area contributed by atoms with Gasteiger partial charge in [0.1, 0.15) is 15.2 Å². The highest BCUT2D eigenvalue weighted by atomic mass is 79.9. The molecule has 0 aliphatic carbocycles. The van der Waals surface area contributed by atoms with Gasteiger partial charge in [-0.3, -0.25) is 4.98 Å². The number of hydrogen-bond donors (Lipinski definition) is 0. The molecule has 0 atom stereocenters. The summed E-state index contributed by atoms with van der Waals surface area (Å²) >= 11 is 10.6. The molecule has 0 aliphatic rings. The Hall–Kier alpha value is -0.650. The van der Waals surface area contributed by atoms with Gasteiger partial charge in [0.05, 0.1) is 16.9 Å². The second-order valence-corrected chi connectivity index (χ2v) is 4.82. The Bertz CT molecular complexity index is 480. The van der Waals surface area contributed by atoms with Crippen LogP contribution in [0, 0.1) is 0 Å². The van der Waals surface area contributed by atoms with Gasteiger partial charge in [-0.1, -0.05) is 11.6 Å². The van der Waals surface area contributed by atoms with Gasteiger partial charge < -0.3 is 0 Å². The molecule has 0 aromatic carbocycles. The Kier molecular flexibility index (Phi) is 3.56. The zero-order valence-electron chi connectivity index (χ0n) is 7.39. The van der Waals surface area contributed by atoms with Gasteiger partial charge >= 0.3 is 0 Å². The number of aromatic nitrogens is 3. The molecule has 0 fully saturated rings. The SMILES string of the molecule is Clc1cncc(Sc2ncccc2Br)n1. The molecule has 15 heavy (non-hydrogen) atoms. The van der Waals surface area contributed by atoms with Crippen molar-refractivity contribution in [3.63, 3.8) is 0 Å². The van der Waals surface area contributed by atoms with Gasteiger partial charge in [-0.05, 0) is 39.8 Å². The summed E-state index contributed by atoms with van der Waals surface area (Å²) in [5.74, 6) is 0. The van der Waals surface area contributed by atoms with Crippen LogP contribution in [-0.4, -0.2) is 15.0 Å². The molecule has 2 rings (SSSR count). The normalized spacial score (nSPS) is 10.3. The lowest BCUT2D eigenvalue weighted by Gasteiger charge is -2.01. The van der Waals surface area contributed by atoms with Gasteiger partial charge in [-0.15, -0.1) is 0 Å². The second kappa shape index (κ2) is 4.92. The van der Waals surface area contributed by atoms with Crippen molar-refractivity contribution in [3.05, 3.63) is 40.3 Å². The van der Waals surface area contributed by atoms with Crippen molar-refractivity contribution in [3.8, 4) is 0 Å². The zero-order valence-corrected chi connectivity index (χ0v) is 10.6. The van der Waals surface area contributed by atoms with E-state index < -0.39 is 0 Å². The zero-order chi connectivity index (χ0) is 10.7. The monoisotopic (exact) mass is 301 g/mol. The minimum atomic E-state index is 0.382. The molecule has 6 heteroatoms. The quantitative estimate of drug-likeness (QED) is 0.852. The third-order valence-electron chi connectivity index (χ3n) is 1.51. The molecule has 0 saturated carbocycles. The van der Waals surface area contributed by atoms with Gasteiger partial charge in [0.25, 0.3) is 0 Å². The highest BCUT2D eigenvalue weighted by Crippen LogP contribution is 2.29. The summed E-state index contributed by atoms with van der Waals surface area (Å²) in [7, 11) is 0. The average molecular weight is 303 g/mol. The second-order valence-electron chi connectivity index (χ2n) is 2.57. The van der Waals surface area contributed by atoms with E-state index in [0.717, 1.165) is 14.5 Å². The molecule has 0 spiro atoms. The molecular formula is C9H5BrClN3S.